The average molecular weight is 722 g/mol. The molecule has 0 amide bonds. The molecule has 3 aliphatic rings. The number of ether oxygens (including phenoxy) is 1. The fraction of sp³-hybridized carbons (Fsp3) is 0.0208. The quantitative estimate of drug-likeness (QED) is 0.177. The predicted molar refractivity (Wildman–Crippen MR) is 217 cm³/mol. The minimum atomic E-state index is -0.733. The number of anilines is 3. The fourth-order valence-electron chi connectivity index (χ4n) is 9.25. The Morgan fingerprint density at radius 2 is 1.24 bits per heavy atom. The second-order valence-electron chi connectivity index (χ2n) is 14.1. The van der Waals surface area contributed by atoms with E-state index in [2.05, 4.69) is 131 Å². The van der Waals surface area contributed by atoms with Crippen molar-refractivity contribution in [2.45, 2.75) is 15.2 Å². The maximum absolute atomic E-state index is 9.89. The van der Waals surface area contributed by atoms with E-state index in [1.54, 1.807) is 11.8 Å². The van der Waals surface area contributed by atoms with E-state index < -0.39 is 5.41 Å². The number of aromatic nitrogens is 3. The third kappa shape index (κ3) is 3.98. The zero-order valence-electron chi connectivity index (χ0n) is 29.1. The van der Waals surface area contributed by atoms with Crippen molar-refractivity contribution in [3.63, 3.8) is 0 Å². The molecule has 12 rings (SSSR count). The Hall–Kier alpha value is -7.14. The molecule has 0 N–H and O–H groups in total. The number of para-hydroxylation sites is 5. The molecule has 55 heavy (non-hydrogen) atoms. The van der Waals surface area contributed by atoms with E-state index in [1.165, 1.54) is 11.1 Å². The van der Waals surface area contributed by atoms with Crippen LogP contribution >= 0.6 is 11.8 Å². The summed E-state index contributed by atoms with van der Waals surface area (Å²) in [5.41, 5.74) is 12.6. The van der Waals surface area contributed by atoms with E-state index >= 15 is 0 Å². The summed E-state index contributed by atoms with van der Waals surface area (Å²) < 4.78 is 8.77. The Bertz CT molecular complexity index is 3070. The molecule has 3 aromatic heterocycles. The number of pyridine rings is 2. The summed E-state index contributed by atoms with van der Waals surface area (Å²) in [5.74, 6) is 1.64. The lowest BCUT2D eigenvalue weighted by Gasteiger charge is -2.41. The zero-order valence-corrected chi connectivity index (χ0v) is 30.0. The van der Waals surface area contributed by atoms with E-state index in [4.69, 9.17) is 14.7 Å². The van der Waals surface area contributed by atoms with Crippen molar-refractivity contribution in [2.75, 3.05) is 4.90 Å². The Kier molecular flexibility index (Phi) is 6.17. The minimum absolute atomic E-state index is 0.642. The van der Waals surface area contributed by atoms with Crippen LogP contribution in [0.1, 0.15) is 27.8 Å². The van der Waals surface area contributed by atoms with Crippen LogP contribution in [0.25, 0.3) is 38.9 Å². The highest BCUT2D eigenvalue weighted by Gasteiger charge is 2.53. The predicted octanol–water partition coefficient (Wildman–Crippen LogP) is 11.8. The normalized spacial score (nSPS) is 14.0. The van der Waals surface area contributed by atoms with Crippen molar-refractivity contribution in [2.24, 2.45) is 0 Å². The minimum Gasteiger partial charge on any atom is -0.453 e. The molecule has 0 atom stereocenters. The Morgan fingerprint density at radius 1 is 0.564 bits per heavy atom. The summed E-state index contributed by atoms with van der Waals surface area (Å²) >= 11 is 1.81. The molecule has 7 heteroatoms. The Balaban J connectivity index is 1.18. The van der Waals surface area contributed by atoms with Crippen LogP contribution in [0.4, 0.5) is 17.1 Å². The van der Waals surface area contributed by atoms with Crippen LogP contribution in [0.5, 0.6) is 11.5 Å². The van der Waals surface area contributed by atoms with Gasteiger partial charge in [0.2, 0.25) is 0 Å². The van der Waals surface area contributed by atoms with E-state index in [9.17, 15) is 5.26 Å². The molecule has 6 nitrogen and oxygen atoms in total. The zero-order chi connectivity index (χ0) is 36.3. The maximum atomic E-state index is 9.89. The van der Waals surface area contributed by atoms with Gasteiger partial charge in [-0.05, 0) is 102 Å². The summed E-state index contributed by atoms with van der Waals surface area (Å²) in [4.78, 5) is 14.7. The monoisotopic (exact) mass is 721 g/mol. The lowest BCUT2D eigenvalue weighted by molar-refractivity contribution is 0.477. The van der Waals surface area contributed by atoms with E-state index in [0.29, 0.717) is 5.56 Å². The van der Waals surface area contributed by atoms with Gasteiger partial charge in [0, 0.05) is 44.2 Å². The molecular weight excluding hydrogens is 695 g/mol. The van der Waals surface area contributed by atoms with Gasteiger partial charge in [-0.2, -0.15) is 5.26 Å². The van der Waals surface area contributed by atoms with Crippen LogP contribution in [0, 0.1) is 11.3 Å². The summed E-state index contributed by atoms with van der Waals surface area (Å²) in [5, 5.41) is 12.0. The molecule has 0 unspecified atom stereocenters. The number of hydrogen-bond acceptors (Lipinski definition) is 6. The van der Waals surface area contributed by atoms with Gasteiger partial charge in [0.15, 0.2) is 11.5 Å². The topological polar surface area (TPSA) is 67.0 Å². The van der Waals surface area contributed by atoms with E-state index in [0.717, 1.165) is 88.4 Å². The Labute approximate surface area is 320 Å². The van der Waals surface area contributed by atoms with Crippen LogP contribution in [0.3, 0.4) is 0 Å². The van der Waals surface area contributed by atoms with Crippen molar-refractivity contribution in [1.29, 1.82) is 5.26 Å². The molecule has 0 bridgehead atoms. The first-order valence-electron chi connectivity index (χ1n) is 18.2. The number of fused-ring (bicyclic) bond motifs is 14. The molecule has 6 aromatic carbocycles. The maximum Gasteiger partial charge on any atom is 0.151 e. The molecular formula is C48H27N5OS. The van der Waals surface area contributed by atoms with Crippen molar-refractivity contribution >= 4 is 50.6 Å². The number of hydrogen-bond donors (Lipinski definition) is 0. The lowest BCUT2D eigenvalue weighted by Crippen LogP contribution is -2.33. The van der Waals surface area contributed by atoms with Gasteiger partial charge in [0.1, 0.15) is 0 Å². The van der Waals surface area contributed by atoms with Gasteiger partial charge in [-0.15, -0.1) is 0 Å². The van der Waals surface area contributed by atoms with E-state index in [1.807, 2.05) is 48.8 Å². The highest BCUT2D eigenvalue weighted by atomic mass is 32.2. The molecule has 0 radical (unpaired) electrons. The third-order valence-electron chi connectivity index (χ3n) is 11.3. The summed E-state index contributed by atoms with van der Waals surface area (Å²) in [6, 6.07) is 55.5. The third-order valence-corrected chi connectivity index (χ3v) is 12.5. The summed E-state index contributed by atoms with van der Waals surface area (Å²) in [6.07, 6.45) is 3.75. The van der Waals surface area contributed by atoms with Crippen molar-refractivity contribution in [3.05, 3.63) is 192 Å². The molecule has 1 aliphatic carbocycles. The van der Waals surface area contributed by atoms with Crippen molar-refractivity contribution in [1.82, 2.24) is 14.5 Å². The first kappa shape index (κ1) is 30.3. The van der Waals surface area contributed by atoms with Gasteiger partial charge in [0.05, 0.1) is 56.5 Å². The van der Waals surface area contributed by atoms with Crippen LogP contribution in [-0.2, 0) is 5.41 Å². The van der Waals surface area contributed by atoms with Crippen LogP contribution in [0.15, 0.2) is 174 Å². The highest BCUT2D eigenvalue weighted by Crippen LogP contribution is 2.63. The van der Waals surface area contributed by atoms with E-state index in [-0.39, 0.29) is 0 Å². The van der Waals surface area contributed by atoms with Crippen molar-refractivity contribution < 1.29 is 4.74 Å². The molecule has 0 fully saturated rings. The largest absolute Gasteiger partial charge is 0.453 e. The standard InChI is InChI=1S/C48H27N5OS/c49-28-29-20-23-37-32(26-29)31-10-1-2-13-36(31)53(37)40-16-7-19-43-45(40)48(34-11-8-24-50-46(34)47-35(48)12-9-25-51-47)33-22-21-30(27-44(33)55-43)52-38-14-3-5-17-41(38)54-42-18-6-4-15-39(42)52/h1-27H. The molecule has 0 saturated carbocycles. The first-order chi connectivity index (χ1) is 27.2. The smallest absolute Gasteiger partial charge is 0.151 e. The van der Waals surface area contributed by atoms with Crippen LogP contribution < -0.4 is 9.64 Å². The fourth-order valence-corrected chi connectivity index (χ4v) is 10.5. The average Bonchev–Trinajstić information content (AvgIpc) is 3.72. The second kappa shape index (κ2) is 11.2. The highest BCUT2D eigenvalue weighted by molar-refractivity contribution is 7.99. The number of benzene rings is 6. The van der Waals surface area contributed by atoms with Gasteiger partial charge in [-0.3, -0.25) is 9.97 Å². The lowest BCUT2D eigenvalue weighted by atomic mass is 9.67. The summed E-state index contributed by atoms with van der Waals surface area (Å²) in [6.45, 7) is 0. The van der Waals surface area contributed by atoms with Gasteiger partial charge in [-0.25, -0.2) is 0 Å². The Morgan fingerprint density at radius 3 is 1.98 bits per heavy atom. The molecule has 9 aromatic rings. The molecule has 5 heterocycles. The molecule has 2 aliphatic heterocycles. The molecule has 256 valence electrons. The number of nitriles is 1. The molecule has 0 saturated heterocycles. The molecule has 1 spiro atoms. The number of nitrogens with zero attached hydrogens (tertiary/aromatic N) is 5. The van der Waals surface area contributed by atoms with Crippen molar-refractivity contribution in [3.8, 4) is 34.6 Å². The second-order valence-corrected chi connectivity index (χ2v) is 15.1. The SMILES string of the molecule is N#Cc1ccc2c(c1)c1ccccc1n2-c1cccc2c1C1(c3ccc(N4c5ccccc5Oc5ccccc54)cc3S2)c2cccnc2-c2ncccc21. The summed E-state index contributed by atoms with van der Waals surface area (Å²) in [7, 11) is 0. The van der Waals surface area contributed by atoms with Gasteiger partial charge < -0.3 is 14.2 Å². The van der Waals surface area contributed by atoms with Gasteiger partial charge in [-0.1, -0.05) is 78.5 Å². The van der Waals surface area contributed by atoms with Crippen LogP contribution in [-0.4, -0.2) is 14.5 Å². The first-order valence-corrected chi connectivity index (χ1v) is 19.0. The van der Waals surface area contributed by atoms with Crippen LogP contribution in [0.2, 0.25) is 0 Å². The van der Waals surface area contributed by atoms with Gasteiger partial charge >= 0.3 is 0 Å². The van der Waals surface area contributed by atoms with Gasteiger partial charge in [0.25, 0.3) is 0 Å². The number of rotatable bonds is 2.